The number of amides is 2. The van der Waals surface area contributed by atoms with E-state index in [0.29, 0.717) is 24.8 Å². The average Bonchev–Trinajstić information content (AvgIpc) is 3.73. The second-order valence-corrected chi connectivity index (χ2v) is 11.2. The third-order valence-electron chi connectivity index (χ3n) is 8.69. The molecule has 2 amide bonds. The molecule has 5 heterocycles. The maximum atomic E-state index is 13.3. The van der Waals surface area contributed by atoms with Gasteiger partial charge in [-0.3, -0.25) is 19.3 Å². The predicted molar refractivity (Wildman–Crippen MR) is 150 cm³/mol. The van der Waals surface area contributed by atoms with E-state index in [0.717, 1.165) is 72.4 Å². The zero-order chi connectivity index (χ0) is 26.3. The Hall–Kier alpha value is -3.78. The summed E-state index contributed by atoms with van der Waals surface area (Å²) in [6.07, 6.45) is 12.4. The number of hydrogen-bond acceptors (Lipinski definition) is 5. The molecule has 2 saturated heterocycles. The van der Waals surface area contributed by atoms with Crippen molar-refractivity contribution < 1.29 is 9.59 Å². The summed E-state index contributed by atoms with van der Waals surface area (Å²) in [5, 5.41) is 7.74. The number of likely N-dealkylation sites (tertiary alicyclic amines) is 2. The SMILES string of the molecule is O=C1NCCn2nc3c(c21)CCc1cnc(/C=C/c2ccc(C(=O)N4CCC[C@H]4CN4CCCC4)cc2)cc1-3. The van der Waals surface area contributed by atoms with Gasteiger partial charge in [-0.05, 0) is 87.0 Å². The van der Waals surface area contributed by atoms with Gasteiger partial charge in [0.05, 0.1) is 17.9 Å². The monoisotopic (exact) mass is 522 g/mol. The summed E-state index contributed by atoms with van der Waals surface area (Å²) in [4.78, 5) is 35.0. The lowest BCUT2D eigenvalue weighted by Gasteiger charge is -2.28. The molecule has 1 aromatic carbocycles. The third kappa shape index (κ3) is 4.56. The molecule has 4 aliphatic rings. The van der Waals surface area contributed by atoms with E-state index in [1.807, 2.05) is 47.3 Å². The summed E-state index contributed by atoms with van der Waals surface area (Å²) >= 11 is 0. The van der Waals surface area contributed by atoms with Crippen LogP contribution in [0.4, 0.5) is 0 Å². The number of benzene rings is 1. The van der Waals surface area contributed by atoms with Crippen LogP contribution in [0.3, 0.4) is 0 Å². The number of nitrogens with one attached hydrogen (secondary N) is 1. The fourth-order valence-corrected chi connectivity index (χ4v) is 6.64. The first kappa shape index (κ1) is 24.3. The van der Waals surface area contributed by atoms with Crippen LogP contribution >= 0.6 is 0 Å². The number of carbonyl (C=O) groups is 2. The summed E-state index contributed by atoms with van der Waals surface area (Å²) in [5.41, 5.74) is 7.53. The molecule has 8 nitrogen and oxygen atoms in total. The van der Waals surface area contributed by atoms with Crippen LogP contribution in [0, 0.1) is 0 Å². The lowest BCUT2D eigenvalue weighted by molar-refractivity contribution is 0.0708. The minimum atomic E-state index is -0.0265. The molecule has 39 heavy (non-hydrogen) atoms. The van der Waals surface area contributed by atoms with E-state index in [1.165, 1.54) is 31.5 Å². The summed E-state index contributed by atoms with van der Waals surface area (Å²) in [5.74, 6) is 0.122. The molecule has 0 bridgehead atoms. The molecule has 7 rings (SSSR count). The number of pyridine rings is 1. The summed E-state index contributed by atoms with van der Waals surface area (Å²) in [6.45, 7) is 5.52. The smallest absolute Gasteiger partial charge is 0.269 e. The van der Waals surface area contributed by atoms with Crippen molar-refractivity contribution in [2.75, 3.05) is 32.7 Å². The Morgan fingerprint density at radius 2 is 1.87 bits per heavy atom. The van der Waals surface area contributed by atoms with Crippen molar-refractivity contribution in [2.24, 2.45) is 0 Å². The van der Waals surface area contributed by atoms with E-state index in [1.54, 1.807) is 0 Å². The highest BCUT2D eigenvalue weighted by Gasteiger charge is 2.32. The van der Waals surface area contributed by atoms with Crippen LogP contribution in [0.5, 0.6) is 0 Å². The quantitative estimate of drug-likeness (QED) is 0.553. The Bertz CT molecular complexity index is 1450. The molecule has 3 aromatic rings. The number of carbonyl (C=O) groups excluding carboxylic acids is 2. The van der Waals surface area contributed by atoms with E-state index in [-0.39, 0.29) is 11.8 Å². The van der Waals surface area contributed by atoms with Crippen molar-refractivity contribution in [3.63, 3.8) is 0 Å². The highest BCUT2D eigenvalue weighted by atomic mass is 16.2. The number of nitrogens with zero attached hydrogens (tertiary/aromatic N) is 5. The Morgan fingerprint density at radius 1 is 1.03 bits per heavy atom. The zero-order valence-corrected chi connectivity index (χ0v) is 22.2. The largest absolute Gasteiger partial charge is 0.349 e. The van der Waals surface area contributed by atoms with Crippen LogP contribution < -0.4 is 5.32 Å². The average molecular weight is 523 g/mol. The van der Waals surface area contributed by atoms with Crippen LogP contribution in [-0.4, -0.2) is 75.1 Å². The maximum Gasteiger partial charge on any atom is 0.269 e. The molecule has 200 valence electrons. The van der Waals surface area contributed by atoms with Gasteiger partial charge in [0, 0.05) is 48.6 Å². The highest BCUT2D eigenvalue weighted by Crippen LogP contribution is 2.35. The van der Waals surface area contributed by atoms with Crippen LogP contribution in [0.25, 0.3) is 23.4 Å². The van der Waals surface area contributed by atoms with Crippen molar-refractivity contribution in [1.29, 1.82) is 0 Å². The Morgan fingerprint density at radius 3 is 2.72 bits per heavy atom. The van der Waals surface area contributed by atoms with Crippen LogP contribution in [0.2, 0.25) is 0 Å². The Kier molecular flexibility index (Phi) is 6.27. The lowest BCUT2D eigenvalue weighted by Crippen LogP contribution is -2.42. The van der Waals surface area contributed by atoms with Crippen molar-refractivity contribution in [3.8, 4) is 11.3 Å². The summed E-state index contributed by atoms with van der Waals surface area (Å²) < 4.78 is 1.86. The van der Waals surface area contributed by atoms with Gasteiger partial charge in [-0.25, -0.2) is 0 Å². The Balaban J connectivity index is 1.06. The predicted octanol–water partition coefficient (Wildman–Crippen LogP) is 3.66. The minimum absolute atomic E-state index is 0.0265. The summed E-state index contributed by atoms with van der Waals surface area (Å²) in [7, 11) is 0. The van der Waals surface area contributed by atoms with Gasteiger partial charge in [-0.2, -0.15) is 5.10 Å². The van der Waals surface area contributed by atoms with Gasteiger partial charge in [0.1, 0.15) is 5.69 Å². The van der Waals surface area contributed by atoms with Crippen molar-refractivity contribution in [1.82, 2.24) is 29.9 Å². The lowest BCUT2D eigenvalue weighted by atomic mass is 9.89. The van der Waals surface area contributed by atoms with Gasteiger partial charge in [0.15, 0.2) is 0 Å². The number of rotatable bonds is 5. The first-order valence-corrected chi connectivity index (χ1v) is 14.3. The molecule has 8 heteroatoms. The summed E-state index contributed by atoms with van der Waals surface area (Å²) in [6, 6.07) is 10.3. The fraction of sp³-hybridized carbons (Fsp3) is 0.419. The zero-order valence-electron chi connectivity index (χ0n) is 22.2. The molecule has 1 aliphatic carbocycles. The molecular weight excluding hydrogens is 488 g/mol. The van der Waals surface area contributed by atoms with Crippen LogP contribution in [-0.2, 0) is 19.4 Å². The maximum absolute atomic E-state index is 13.3. The molecule has 2 aromatic heterocycles. The fourth-order valence-electron chi connectivity index (χ4n) is 6.64. The van der Waals surface area contributed by atoms with Gasteiger partial charge < -0.3 is 15.1 Å². The molecule has 0 spiro atoms. The molecule has 1 N–H and O–H groups in total. The first-order valence-electron chi connectivity index (χ1n) is 14.3. The van der Waals surface area contributed by atoms with Gasteiger partial charge in [0.25, 0.3) is 11.8 Å². The molecule has 0 saturated carbocycles. The minimum Gasteiger partial charge on any atom is -0.349 e. The number of aryl methyl sites for hydroxylation is 1. The second-order valence-electron chi connectivity index (χ2n) is 11.2. The van der Waals surface area contributed by atoms with Gasteiger partial charge in [0.2, 0.25) is 0 Å². The first-order chi connectivity index (χ1) is 19.1. The van der Waals surface area contributed by atoms with Gasteiger partial charge in [-0.1, -0.05) is 18.2 Å². The standard InChI is InChI=1S/C31H34N6O2/c38-30-29-26-12-10-23-19-33-24(18-27(23)28(26)34-37(29)17-13-32-30)11-7-21-5-8-22(9-6-21)31(39)36-16-3-4-25(36)20-35-14-1-2-15-35/h5-9,11,18-19,25H,1-4,10,12-17,20H2,(H,32,38)/b11-7+/t25-/m0/s1. The number of hydrogen-bond donors (Lipinski definition) is 1. The molecule has 2 fully saturated rings. The molecule has 0 unspecified atom stereocenters. The van der Waals surface area contributed by atoms with Gasteiger partial charge >= 0.3 is 0 Å². The van der Waals surface area contributed by atoms with Crippen molar-refractivity contribution in [2.45, 2.75) is 51.1 Å². The number of fused-ring (bicyclic) bond motifs is 5. The second kappa shape index (κ2) is 10.1. The molecule has 3 aliphatic heterocycles. The highest BCUT2D eigenvalue weighted by molar-refractivity contribution is 5.97. The van der Waals surface area contributed by atoms with Gasteiger partial charge in [-0.15, -0.1) is 0 Å². The van der Waals surface area contributed by atoms with Crippen LogP contribution in [0.15, 0.2) is 36.5 Å². The van der Waals surface area contributed by atoms with E-state index in [2.05, 4.69) is 26.2 Å². The van der Waals surface area contributed by atoms with Crippen molar-refractivity contribution >= 4 is 24.0 Å². The van der Waals surface area contributed by atoms with E-state index in [9.17, 15) is 9.59 Å². The van der Waals surface area contributed by atoms with Crippen molar-refractivity contribution in [3.05, 3.63) is 70.2 Å². The molecule has 0 radical (unpaired) electrons. The topological polar surface area (TPSA) is 83.4 Å². The normalized spacial score (nSPS) is 20.7. The van der Waals surface area contributed by atoms with E-state index in [4.69, 9.17) is 5.10 Å². The Labute approximate surface area is 228 Å². The third-order valence-corrected chi connectivity index (χ3v) is 8.69. The molecular formula is C31H34N6O2. The molecule has 1 atom stereocenters. The van der Waals surface area contributed by atoms with Crippen LogP contribution in [0.1, 0.15) is 68.9 Å². The van der Waals surface area contributed by atoms with E-state index < -0.39 is 0 Å². The van der Waals surface area contributed by atoms with E-state index >= 15 is 0 Å². The number of aromatic nitrogens is 3.